The zero-order valence-corrected chi connectivity index (χ0v) is 9.98. The zero-order valence-electron chi connectivity index (χ0n) is 9.98. The second-order valence-electron chi connectivity index (χ2n) is 5.05. The molecule has 0 aliphatic carbocycles. The van der Waals surface area contributed by atoms with Gasteiger partial charge in [0.1, 0.15) is 0 Å². The number of para-hydroxylation sites is 2. The van der Waals surface area contributed by atoms with Gasteiger partial charge < -0.3 is 10.3 Å². The molecule has 0 radical (unpaired) electrons. The molecule has 2 rings (SSSR count). The summed E-state index contributed by atoms with van der Waals surface area (Å²) in [5, 5.41) is 0. The summed E-state index contributed by atoms with van der Waals surface area (Å²) in [6.07, 6.45) is 2.99. The molecule has 16 heavy (non-hydrogen) atoms. The van der Waals surface area contributed by atoms with Gasteiger partial charge in [-0.1, -0.05) is 26.0 Å². The maximum absolute atomic E-state index is 5.73. The predicted molar refractivity (Wildman–Crippen MR) is 67.2 cm³/mol. The molecule has 0 bridgehead atoms. The van der Waals surface area contributed by atoms with Gasteiger partial charge in [-0.2, -0.15) is 0 Å². The lowest BCUT2D eigenvalue weighted by Crippen LogP contribution is -2.24. The number of aryl methyl sites for hydroxylation is 1. The quantitative estimate of drug-likeness (QED) is 0.854. The first-order valence-corrected chi connectivity index (χ1v) is 5.72. The molecule has 0 saturated heterocycles. The summed E-state index contributed by atoms with van der Waals surface area (Å²) in [4.78, 5) is 4.38. The largest absolute Gasteiger partial charge is 0.331 e. The molecule has 0 aliphatic heterocycles. The van der Waals surface area contributed by atoms with Crippen LogP contribution in [-0.2, 0) is 6.54 Å². The van der Waals surface area contributed by atoms with Gasteiger partial charge in [-0.3, -0.25) is 0 Å². The summed E-state index contributed by atoms with van der Waals surface area (Å²) >= 11 is 0. The molecule has 86 valence electrons. The standard InChI is InChI=1S/C13H19N3/c1-13(2,9-14)7-8-16-10-15-11-5-3-4-6-12(11)16/h3-6,10H,7-9,14H2,1-2H3. The first-order valence-electron chi connectivity index (χ1n) is 5.72. The van der Waals surface area contributed by atoms with Gasteiger partial charge in [0.2, 0.25) is 0 Å². The Morgan fingerprint density at radius 3 is 2.81 bits per heavy atom. The Morgan fingerprint density at radius 1 is 1.31 bits per heavy atom. The van der Waals surface area contributed by atoms with E-state index < -0.39 is 0 Å². The molecule has 0 aliphatic rings. The number of imidazole rings is 1. The number of hydrogen-bond acceptors (Lipinski definition) is 2. The Hall–Kier alpha value is -1.35. The van der Waals surface area contributed by atoms with E-state index >= 15 is 0 Å². The van der Waals surface area contributed by atoms with Crippen LogP contribution in [-0.4, -0.2) is 16.1 Å². The zero-order chi connectivity index (χ0) is 11.6. The second kappa shape index (κ2) is 4.26. The Labute approximate surface area is 96.3 Å². The summed E-state index contributed by atoms with van der Waals surface area (Å²) in [6, 6.07) is 8.22. The van der Waals surface area contributed by atoms with Crippen LogP contribution in [0.15, 0.2) is 30.6 Å². The average Bonchev–Trinajstić information content (AvgIpc) is 2.70. The van der Waals surface area contributed by atoms with Crippen molar-refractivity contribution >= 4 is 11.0 Å². The topological polar surface area (TPSA) is 43.8 Å². The second-order valence-corrected chi connectivity index (χ2v) is 5.05. The van der Waals surface area contributed by atoms with Crippen LogP contribution >= 0.6 is 0 Å². The van der Waals surface area contributed by atoms with Crippen molar-refractivity contribution in [1.82, 2.24) is 9.55 Å². The van der Waals surface area contributed by atoms with E-state index in [0.717, 1.165) is 25.0 Å². The van der Waals surface area contributed by atoms with Crippen LogP contribution in [0.3, 0.4) is 0 Å². The highest BCUT2D eigenvalue weighted by Crippen LogP contribution is 2.21. The van der Waals surface area contributed by atoms with E-state index in [9.17, 15) is 0 Å². The molecular weight excluding hydrogens is 198 g/mol. The lowest BCUT2D eigenvalue weighted by Gasteiger charge is -2.22. The number of nitrogens with zero attached hydrogens (tertiary/aromatic N) is 2. The number of aromatic nitrogens is 2. The van der Waals surface area contributed by atoms with Crippen LogP contribution in [0.25, 0.3) is 11.0 Å². The first kappa shape index (κ1) is 11.1. The van der Waals surface area contributed by atoms with Gasteiger partial charge in [0.25, 0.3) is 0 Å². The molecule has 1 heterocycles. The summed E-state index contributed by atoms with van der Waals surface area (Å²) in [5.74, 6) is 0. The highest BCUT2D eigenvalue weighted by molar-refractivity contribution is 5.74. The van der Waals surface area contributed by atoms with Crippen molar-refractivity contribution in [3.8, 4) is 0 Å². The van der Waals surface area contributed by atoms with Crippen molar-refractivity contribution < 1.29 is 0 Å². The number of benzene rings is 1. The highest BCUT2D eigenvalue weighted by Gasteiger charge is 2.15. The summed E-state index contributed by atoms with van der Waals surface area (Å²) in [6.45, 7) is 6.10. The van der Waals surface area contributed by atoms with Gasteiger partial charge >= 0.3 is 0 Å². The predicted octanol–water partition coefficient (Wildman–Crippen LogP) is 2.41. The van der Waals surface area contributed by atoms with Crippen molar-refractivity contribution in [1.29, 1.82) is 0 Å². The van der Waals surface area contributed by atoms with Crippen molar-refractivity contribution in [2.45, 2.75) is 26.8 Å². The van der Waals surface area contributed by atoms with Crippen LogP contribution in [0.2, 0.25) is 0 Å². The Balaban J connectivity index is 2.16. The van der Waals surface area contributed by atoms with E-state index in [1.807, 2.05) is 18.5 Å². The van der Waals surface area contributed by atoms with Crippen LogP contribution in [0.1, 0.15) is 20.3 Å². The lowest BCUT2D eigenvalue weighted by molar-refractivity contribution is 0.326. The van der Waals surface area contributed by atoms with E-state index in [1.54, 1.807) is 0 Å². The number of nitrogens with two attached hydrogens (primary N) is 1. The Kier molecular flexibility index (Phi) is 2.97. The summed E-state index contributed by atoms with van der Waals surface area (Å²) in [7, 11) is 0. The molecule has 0 unspecified atom stereocenters. The van der Waals surface area contributed by atoms with Gasteiger partial charge in [-0.05, 0) is 30.5 Å². The van der Waals surface area contributed by atoms with E-state index in [-0.39, 0.29) is 5.41 Å². The summed E-state index contributed by atoms with van der Waals surface area (Å²) < 4.78 is 2.20. The molecule has 0 amide bonds. The normalized spacial score (nSPS) is 12.2. The van der Waals surface area contributed by atoms with Gasteiger partial charge in [0, 0.05) is 6.54 Å². The van der Waals surface area contributed by atoms with Gasteiger partial charge in [0.15, 0.2) is 0 Å². The molecule has 2 N–H and O–H groups in total. The first-order chi connectivity index (χ1) is 7.62. The average molecular weight is 217 g/mol. The summed E-state index contributed by atoms with van der Waals surface area (Å²) in [5.41, 5.74) is 8.20. The van der Waals surface area contributed by atoms with E-state index in [4.69, 9.17) is 5.73 Å². The molecule has 0 saturated carbocycles. The molecular formula is C13H19N3. The minimum atomic E-state index is 0.200. The van der Waals surface area contributed by atoms with E-state index in [0.29, 0.717) is 0 Å². The molecule has 3 nitrogen and oxygen atoms in total. The number of fused-ring (bicyclic) bond motifs is 1. The third-order valence-electron chi connectivity index (χ3n) is 3.11. The van der Waals surface area contributed by atoms with Crippen LogP contribution in [0, 0.1) is 5.41 Å². The van der Waals surface area contributed by atoms with Gasteiger partial charge in [-0.15, -0.1) is 0 Å². The third-order valence-corrected chi connectivity index (χ3v) is 3.11. The smallest absolute Gasteiger partial charge is 0.0958 e. The molecule has 1 aromatic heterocycles. The van der Waals surface area contributed by atoms with Crippen molar-refractivity contribution in [2.24, 2.45) is 11.1 Å². The number of hydrogen-bond donors (Lipinski definition) is 1. The van der Waals surface area contributed by atoms with E-state index in [2.05, 4.69) is 35.5 Å². The molecule has 2 aromatic rings. The number of rotatable bonds is 4. The monoisotopic (exact) mass is 217 g/mol. The molecule has 0 fully saturated rings. The van der Waals surface area contributed by atoms with Crippen LogP contribution in [0.4, 0.5) is 0 Å². The molecule has 0 atom stereocenters. The van der Waals surface area contributed by atoms with Crippen molar-refractivity contribution in [3.63, 3.8) is 0 Å². The third kappa shape index (κ3) is 2.25. The Morgan fingerprint density at radius 2 is 2.06 bits per heavy atom. The van der Waals surface area contributed by atoms with Gasteiger partial charge in [-0.25, -0.2) is 4.98 Å². The lowest BCUT2D eigenvalue weighted by atomic mass is 9.90. The highest BCUT2D eigenvalue weighted by atomic mass is 15.0. The van der Waals surface area contributed by atoms with Crippen molar-refractivity contribution in [2.75, 3.05) is 6.54 Å². The SMILES string of the molecule is CC(C)(CN)CCn1cnc2ccccc21. The van der Waals surface area contributed by atoms with Crippen LogP contribution < -0.4 is 5.73 Å². The fourth-order valence-electron chi connectivity index (χ4n) is 1.71. The minimum Gasteiger partial charge on any atom is -0.331 e. The fraction of sp³-hybridized carbons (Fsp3) is 0.462. The van der Waals surface area contributed by atoms with Crippen molar-refractivity contribution in [3.05, 3.63) is 30.6 Å². The Bertz CT molecular complexity index is 471. The minimum absolute atomic E-state index is 0.200. The molecule has 1 aromatic carbocycles. The maximum atomic E-state index is 5.73. The molecule has 0 spiro atoms. The van der Waals surface area contributed by atoms with Crippen LogP contribution in [0.5, 0.6) is 0 Å². The van der Waals surface area contributed by atoms with Gasteiger partial charge in [0.05, 0.1) is 17.4 Å². The maximum Gasteiger partial charge on any atom is 0.0958 e. The fourth-order valence-corrected chi connectivity index (χ4v) is 1.71. The van der Waals surface area contributed by atoms with E-state index in [1.165, 1.54) is 5.52 Å². The molecule has 3 heteroatoms.